The molecule has 0 aromatic rings. The van der Waals surface area contributed by atoms with Gasteiger partial charge < -0.3 is 10.1 Å². The molecule has 0 unspecified atom stereocenters. The van der Waals surface area contributed by atoms with Gasteiger partial charge in [0.1, 0.15) is 0 Å². The Morgan fingerprint density at radius 1 is 1.22 bits per heavy atom. The predicted molar refractivity (Wildman–Crippen MR) is 81.2 cm³/mol. The molecule has 1 N–H and O–H groups in total. The van der Waals surface area contributed by atoms with Crippen molar-refractivity contribution in [1.29, 1.82) is 0 Å². The Labute approximate surface area is 134 Å². The lowest BCUT2D eigenvalue weighted by Gasteiger charge is -2.54. The summed E-state index contributed by atoms with van der Waals surface area (Å²) in [6.07, 6.45) is 7.32. The number of ether oxygens (including phenoxy) is 1. The molecule has 1 heterocycles. The molecular formula is C17H21FN2O3. The lowest BCUT2D eigenvalue weighted by atomic mass is 9.54. The van der Waals surface area contributed by atoms with Crippen LogP contribution < -0.4 is 5.32 Å². The van der Waals surface area contributed by atoms with Crippen LogP contribution in [0.15, 0.2) is 16.9 Å². The van der Waals surface area contributed by atoms with Crippen molar-refractivity contribution in [3.8, 4) is 0 Å². The van der Waals surface area contributed by atoms with Crippen molar-refractivity contribution >= 4 is 17.7 Å². The van der Waals surface area contributed by atoms with E-state index in [1.54, 1.807) is 0 Å². The standard InChI is InChI=1S/C17H21FN2O3/c18-13-1-2-14(21)20-17(13)23-8-15(22)19-16-11-4-9-3-10(6-11)7-12(16)5-9/h1,9-12,16H,2-8H2,(H,19,22). The van der Waals surface area contributed by atoms with Gasteiger partial charge in [0.05, 0.1) is 6.42 Å². The van der Waals surface area contributed by atoms with E-state index in [-0.39, 0.29) is 30.9 Å². The Morgan fingerprint density at radius 3 is 2.52 bits per heavy atom. The lowest BCUT2D eigenvalue weighted by Crippen LogP contribution is -2.56. The van der Waals surface area contributed by atoms with Crippen LogP contribution in [0.25, 0.3) is 0 Å². The lowest BCUT2D eigenvalue weighted by molar-refractivity contribution is -0.127. The molecule has 0 atom stereocenters. The van der Waals surface area contributed by atoms with E-state index >= 15 is 0 Å². The smallest absolute Gasteiger partial charge is 0.258 e. The van der Waals surface area contributed by atoms with Crippen molar-refractivity contribution in [2.24, 2.45) is 28.7 Å². The van der Waals surface area contributed by atoms with Gasteiger partial charge in [-0.05, 0) is 61.9 Å². The summed E-state index contributed by atoms with van der Waals surface area (Å²) in [5.74, 6) is 1.11. The molecule has 4 saturated carbocycles. The van der Waals surface area contributed by atoms with Crippen molar-refractivity contribution in [2.45, 2.75) is 44.6 Å². The molecule has 0 aromatic heterocycles. The molecule has 2 amide bonds. The number of rotatable bonds is 3. The summed E-state index contributed by atoms with van der Waals surface area (Å²) in [5.41, 5.74) is 0. The van der Waals surface area contributed by atoms with Gasteiger partial charge in [0.2, 0.25) is 0 Å². The SMILES string of the molecule is O=C1CC=C(F)C(OCC(=O)NC2C3CC4CC(C3)CC2C4)=N1. The fraction of sp³-hybridized carbons (Fsp3) is 0.706. The highest BCUT2D eigenvalue weighted by Crippen LogP contribution is 2.53. The van der Waals surface area contributed by atoms with Crippen molar-refractivity contribution in [1.82, 2.24) is 5.32 Å². The fourth-order valence-corrected chi connectivity index (χ4v) is 5.10. The number of carbonyl (C=O) groups is 2. The summed E-state index contributed by atoms with van der Waals surface area (Å²) in [4.78, 5) is 26.8. The van der Waals surface area contributed by atoms with Gasteiger partial charge in [0.25, 0.3) is 17.7 Å². The van der Waals surface area contributed by atoms with E-state index < -0.39 is 11.7 Å². The summed E-state index contributed by atoms with van der Waals surface area (Å²) in [6, 6.07) is 0.231. The summed E-state index contributed by atoms with van der Waals surface area (Å²) in [7, 11) is 0. The molecular weight excluding hydrogens is 299 g/mol. The minimum Gasteiger partial charge on any atom is -0.465 e. The number of amides is 2. The van der Waals surface area contributed by atoms with Crippen LogP contribution in [0.4, 0.5) is 4.39 Å². The molecule has 0 aromatic carbocycles. The predicted octanol–water partition coefficient (Wildman–Crippen LogP) is 2.13. The molecule has 4 fully saturated rings. The number of aliphatic imine (C=N–C) groups is 1. The van der Waals surface area contributed by atoms with E-state index in [0.29, 0.717) is 11.8 Å². The molecule has 4 aliphatic carbocycles. The molecule has 1 aliphatic heterocycles. The van der Waals surface area contributed by atoms with Gasteiger partial charge in [-0.15, -0.1) is 0 Å². The Balaban J connectivity index is 1.32. The third kappa shape index (κ3) is 2.91. The summed E-state index contributed by atoms with van der Waals surface area (Å²) in [6.45, 7) is -0.295. The summed E-state index contributed by atoms with van der Waals surface area (Å²) in [5, 5.41) is 3.08. The zero-order valence-electron chi connectivity index (χ0n) is 13.0. The molecule has 5 nitrogen and oxygen atoms in total. The van der Waals surface area contributed by atoms with Crippen LogP contribution in [-0.2, 0) is 14.3 Å². The van der Waals surface area contributed by atoms with E-state index in [1.807, 2.05) is 0 Å². The van der Waals surface area contributed by atoms with Crippen LogP contribution in [-0.4, -0.2) is 30.4 Å². The highest BCUT2D eigenvalue weighted by molar-refractivity contribution is 6.03. The second-order valence-corrected chi connectivity index (χ2v) is 7.38. The van der Waals surface area contributed by atoms with Crippen molar-refractivity contribution < 1.29 is 18.7 Å². The third-order valence-electron chi connectivity index (χ3n) is 5.78. The number of hydrogen-bond acceptors (Lipinski definition) is 3. The number of nitrogens with one attached hydrogen (secondary N) is 1. The van der Waals surface area contributed by atoms with Gasteiger partial charge in [0.15, 0.2) is 12.4 Å². The average Bonchev–Trinajstić information content (AvgIpc) is 2.51. The van der Waals surface area contributed by atoms with E-state index in [4.69, 9.17) is 4.74 Å². The second-order valence-electron chi connectivity index (χ2n) is 7.38. The van der Waals surface area contributed by atoms with Gasteiger partial charge in [0, 0.05) is 6.04 Å². The largest absolute Gasteiger partial charge is 0.465 e. The maximum atomic E-state index is 13.5. The summed E-state index contributed by atoms with van der Waals surface area (Å²) < 4.78 is 18.6. The number of hydrogen-bond donors (Lipinski definition) is 1. The van der Waals surface area contributed by atoms with Crippen LogP contribution in [0, 0.1) is 23.7 Å². The average molecular weight is 320 g/mol. The first kappa shape index (κ1) is 14.8. The second kappa shape index (κ2) is 5.73. The fourth-order valence-electron chi connectivity index (χ4n) is 5.10. The minimum absolute atomic E-state index is 0.0569. The van der Waals surface area contributed by atoms with E-state index in [9.17, 15) is 14.0 Å². The topological polar surface area (TPSA) is 67.8 Å². The van der Waals surface area contributed by atoms with Crippen LogP contribution in [0.3, 0.4) is 0 Å². The molecule has 5 rings (SSSR count). The first-order chi connectivity index (χ1) is 11.1. The zero-order valence-corrected chi connectivity index (χ0v) is 13.0. The molecule has 0 radical (unpaired) electrons. The highest BCUT2D eigenvalue weighted by atomic mass is 19.1. The number of carbonyl (C=O) groups excluding carboxylic acids is 2. The van der Waals surface area contributed by atoms with Crippen LogP contribution in [0.2, 0.25) is 0 Å². The van der Waals surface area contributed by atoms with Gasteiger partial charge >= 0.3 is 0 Å². The van der Waals surface area contributed by atoms with E-state index in [2.05, 4.69) is 10.3 Å². The van der Waals surface area contributed by atoms with Crippen molar-refractivity contribution in [3.63, 3.8) is 0 Å². The van der Waals surface area contributed by atoms with Gasteiger partial charge in [-0.3, -0.25) is 9.59 Å². The normalized spacial score (nSPS) is 38.1. The number of nitrogens with zero attached hydrogens (tertiary/aromatic N) is 1. The molecule has 5 aliphatic rings. The van der Waals surface area contributed by atoms with Crippen LogP contribution in [0.5, 0.6) is 0 Å². The minimum atomic E-state index is -0.674. The molecule has 124 valence electrons. The zero-order chi connectivity index (χ0) is 16.0. The maximum absolute atomic E-state index is 13.5. The number of dihydropyridines is 1. The Kier molecular flexibility index (Phi) is 3.70. The molecule has 0 spiro atoms. The molecule has 23 heavy (non-hydrogen) atoms. The van der Waals surface area contributed by atoms with Crippen molar-refractivity contribution in [2.75, 3.05) is 6.61 Å². The van der Waals surface area contributed by atoms with Gasteiger partial charge in [-0.1, -0.05) is 0 Å². The molecule has 6 heteroatoms. The van der Waals surface area contributed by atoms with Crippen LogP contribution >= 0.6 is 0 Å². The van der Waals surface area contributed by atoms with E-state index in [1.165, 1.54) is 32.1 Å². The third-order valence-corrected chi connectivity index (χ3v) is 5.78. The Bertz CT molecular complexity index is 571. The number of halogens is 1. The maximum Gasteiger partial charge on any atom is 0.258 e. The Morgan fingerprint density at radius 2 is 1.87 bits per heavy atom. The first-order valence-corrected chi connectivity index (χ1v) is 8.48. The first-order valence-electron chi connectivity index (χ1n) is 8.48. The quantitative estimate of drug-likeness (QED) is 0.866. The van der Waals surface area contributed by atoms with Gasteiger partial charge in [-0.25, -0.2) is 4.39 Å². The molecule has 0 saturated heterocycles. The summed E-state index contributed by atoms with van der Waals surface area (Å²) >= 11 is 0. The molecule has 4 bridgehead atoms. The Hall–Kier alpha value is -1.72. The van der Waals surface area contributed by atoms with Crippen LogP contribution in [0.1, 0.15) is 38.5 Å². The van der Waals surface area contributed by atoms with E-state index in [0.717, 1.165) is 17.9 Å². The highest BCUT2D eigenvalue weighted by Gasteiger charge is 2.48. The monoisotopic (exact) mass is 320 g/mol. The van der Waals surface area contributed by atoms with Crippen molar-refractivity contribution in [3.05, 3.63) is 11.9 Å². The van der Waals surface area contributed by atoms with Gasteiger partial charge in [-0.2, -0.15) is 4.99 Å².